The highest BCUT2D eigenvalue weighted by Gasteiger charge is 2.32. The van der Waals surface area contributed by atoms with E-state index in [0.29, 0.717) is 22.8 Å². The highest BCUT2D eigenvalue weighted by molar-refractivity contribution is 7.80. The lowest BCUT2D eigenvalue weighted by molar-refractivity contribution is 0.0988. The number of rotatable bonds is 3. The zero-order valence-corrected chi connectivity index (χ0v) is 13.0. The van der Waals surface area contributed by atoms with Crippen molar-refractivity contribution < 1.29 is 9.59 Å². The van der Waals surface area contributed by atoms with Crippen LogP contribution in [0.1, 0.15) is 26.3 Å². The Morgan fingerprint density at radius 2 is 1.48 bits per heavy atom. The second kappa shape index (κ2) is 6.54. The van der Waals surface area contributed by atoms with Gasteiger partial charge >= 0.3 is 0 Å². The number of thiocarbonyl (C=S) groups is 1. The Kier molecular flexibility index (Phi) is 4.30. The van der Waals surface area contributed by atoms with Crippen LogP contribution in [-0.4, -0.2) is 16.7 Å². The van der Waals surface area contributed by atoms with Gasteiger partial charge in [0.2, 0.25) is 0 Å². The summed E-state index contributed by atoms with van der Waals surface area (Å²) in [4.78, 5) is 24.4. The second-order valence-corrected chi connectivity index (χ2v) is 5.48. The highest BCUT2D eigenvalue weighted by Crippen LogP contribution is 2.25. The Morgan fingerprint density at radius 3 is 2.09 bits per heavy atom. The third-order valence-electron chi connectivity index (χ3n) is 3.55. The van der Waals surface area contributed by atoms with E-state index in [4.69, 9.17) is 12.2 Å². The Labute approximate surface area is 139 Å². The van der Waals surface area contributed by atoms with Crippen LogP contribution < -0.4 is 10.6 Å². The zero-order chi connectivity index (χ0) is 16.2. The van der Waals surface area contributed by atoms with Gasteiger partial charge in [-0.25, -0.2) is 0 Å². The van der Waals surface area contributed by atoms with Crippen LogP contribution in [0.15, 0.2) is 66.4 Å². The molecule has 0 atom stereocenters. The molecule has 0 aromatic heterocycles. The van der Waals surface area contributed by atoms with Crippen LogP contribution >= 0.6 is 12.2 Å². The van der Waals surface area contributed by atoms with Crippen LogP contribution in [-0.2, 0) is 6.54 Å². The van der Waals surface area contributed by atoms with Crippen molar-refractivity contribution in [3.8, 4) is 0 Å². The molecule has 4 nitrogen and oxygen atoms in total. The smallest absolute Gasteiger partial charge is 0.199 e. The van der Waals surface area contributed by atoms with Gasteiger partial charge in [0.25, 0.3) is 0 Å². The topological polar surface area (TPSA) is 58.2 Å². The molecular weight excluding hydrogens is 308 g/mol. The lowest BCUT2D eigenvalue weighted by atomic mass is 10.1. The predicted molar refractivity (Wildman–Crippen MR) is 92.2 cm³/mol. The van der Waals surface area contributed by atoms with Gasteiger partial charge < -0.3 is 10.6 Å². The minimum atomic E-state index is -0.274. The molecule has 114 valence electrons. The molecule has 0 saturated heterocycles. The van der Waals surface area contributed by atoms with Gasteiger partial charge in [-0.05, 0) is 17.8 Å². The van der Waals surface area contributed by atoms with Crippen LogP contribution in [0.3, 0.4) is 0 Å². The summed E-state index contributed by atoms with van der Waals surface area (Å²) in [6.07, 6.45) is 1.38. The van der Waals surface area contributed by atoms with Crippen LogP contribution in [0.2, 0.25) is 0 Å². The van der Waals surface area contributed by atoms with Gasteiger partial charge in [-0.15, -0.1) is 0 Å². The first-order valence-corrected chi connectivity index (χ1v) is 7.54. The standard InChI is InChI=1S/C18H14N2O2S/c21-16-13-8-4-5-9-14(13)17(22)15(16)11-20-18(23)19-10-12-6-2-1-3-7-12/h1-9,11H,10H2,(H2,19,20,23). The number of nitrogens with one attached hydrogen (secondary N) is 2. The summed E-state index contributed by atoms with van der Waals surface area (Å²) in [6, 6.07) is 16.6. The quantitative estimate of drug-likeness (QED) is 0.517. The van der Waals surface area contributed by atoms with Gasteiger partial charge in [-0.2, -0.15) is 0 Å². The van der Waals surface area contributed by atoms with Crippen molar-refractivity contribution in [2.45, 2.75) is 6.54 Å². The summed E-state index contributed by atoms with van der Waals surface area (Å²) in [7, 11) is 0. The highest BCUT2D eigenvalue weighted by atomic mass is 32.1. The van der Waals surface area contributed by atoms with Crippen molar-refractivity contribution in [1.29, 1.82) is 0 Å². The van der Waals surface area contributed by atoms with Crippen molar-refractivity contribution >= 4 is 28.9 Å². The van der Waals surface area contributed by atoms with Crippen LogP contribution in [0.4, 0.5) is 0 Å². The van der Waals surface area contributed by atoms with Gasteiger partial charge in [0, 0.05) is 23.9 Å². The second-order valence-electron chi connectivity index (χ2n) is 5.07. The zero-order valence-electron chi connectivity index (χ0n) is 12.2. The molecule has 0 saturated carbocycles. The van der Waals surface area contributed by atoms with Crippen molar-refractivity contribution in [2.24, 2.45) is 0 Å². The SMILES string of the molecule is O=C1C(=CNC(=S)NCc2ccccc2)C(=O)c2ccccc21. The van der Waals surface area contributed by atoms with Crippen molar-refractivity contribution in [1.82, 2.24) is 10.6 Å². The Hall–Kier alpha value is -2.79. The number of hydrogen-bond donors (Lipinski definition) is 2. The number of Topliss-reactive ketones (excluding diaryl/α,β-unsaturated/α-hetero) is 2. The van der Waals surface area contributed by atoms with Gasteiger partial charge in [-0.3, -0.25) is 9.59 Å². The molecule has 2 aromatic carbocycles. The molecule has 0 unspecified atom stereocenters. The number of hydrogen-bond acceptors (Lipinski definition) is 3. The van der Waals surface area contributed by atoms with Crippen LogP contribution in [0.25, 0.3) is 0 Å². The molecule has 1 aliphatic rings. The molecule has 0 bridgehead atoms. The van der Waals surface area contributed by atoms with E-state index >= 15 is 0 Å². The molecule has 3 rings (SSSR count). The van der Waals surface area contributed by atoms with Crippen molar-refractivity contribution in [3.63, 3.8) is 0 Å². The maximum atomic E-state index is 12.2. The van der Waals surface area contributed by atoms with Gasteiger partial charge in [-0.1, -0.05) is 54.6 Å². The number of allylic oxidation sites excluding steroid dienone is 1. The average molecular weight is 322 g/mol. The van der Waals surface area contributed by atoms with Crippen molar-refractivity contribution in [3.05, 3.63) is 83.1 Å². The van der Waals surface area contributed by atoms with Crippen LogP contribution in [0, 0.1) is 0 Å². The first-order chi connectivity index (χ1) is 11.2. The monoisotopic (exact) mass is 322 g/mol. The first kappa shape index (κ1) is 15.1. The maximum Gasteiger partial charge on any atom is 0.199 e. The molecule has 0 amide bonds. The average Bonchev–Trinajstić information content (AvgIpc) is 2.83. The van der Waals surface area contributed by atoms with E-state index in [9.17, 15) is 9.59 Å². The summed E-state index contributed by atoms with van der Waals surface area (Å²) in [6.45, 7) is 0.567. The minimum Gasteiger partial charge on any atom is -0.358 e. The number of benzene rings is 2. The lowest BCUT2D eigenvalue weighted by Crippen LogP contribution is -2.32. The van der Waals surface area contributed by atoms with E-state index < -0.39 is 0 Å². The first-order valence-electron chi connectivity index (χ1n) is 7.13. The lowest BCUT2D eigenvalue weighted by Gasteiger charge is -2.07. The molecule has 0 aliphatic heterocycles. The van der Waals surface area contributed by atoms with E-state index in [1.54, 1.807) is 24.3 Å². The summed E-state index contributed by atoms with van der Waals surface area (Å²) < 4.78 is 0. The molecule has 0 spiro atoms. The number of ketones is 2. The van der Waals surface area contributed by atoms with Crippen LogP contribution in [0.5, 0.6) is 0 Å². The molecule has 0 fully saturated rings. The Bertz CT molecular complexity index is 776. The van der Waals surface area contributed by atoms with Gasteiger partial charge in [0.1, 0.15) is 0 Å². The largest absolute Gasteiger partial charge is 0.358 e. The minimum absolute atomic E-state index is 0.107. The van der Waals surface area contributed by atoms with E-state index in [2.05, 4.69) is 10.6 Å². The van der Waals surface area contributed by atoms with E-state index in [-0.39, 0.29) is 17.1 Å². The van der Waals surface area contributed by atoms with Crippen molar-refractivity contribution in [2.75, 3.05) is 0 Å². The number of carbonyl (C=O) groups excluding carboxylic acids is 2. The maximum absolute atomic E-state index is 12.2. The molecule has 2 N–H and O–H groups in total. The fraction of sp³-hybridized carbons (Fsp3) is 0.0556. The van der Waals surface area contributed by atoms with E-state index in [1.165, 1.54) is 6.20 Å². The predicted octanol–water partition coefficient (Wildman–Crippen LogP) is 2.61. The molecule has 23 heavy (non-hydrogen) atoms. The Morgan fingerprint density at radius 1 is 0.913 bits per heavy atom. The molecule has 0 heterocycles. The summed E-state index contributed by atoms with van der Waals surface area (Å²) in [5.41, 5.74) is 2.07. The Balaban J connectivity index is 1.63. The molecular formula is C18H14N2O2S. The fourth-order valence-corrected chi connectivity index (χ4v) is 2.50. The molecule has 5 heteroatoms. The summed E-state index contributed by atoms with van der Waals surface area (Å²) in [5, 5.41) is 6.19. The third kappa shape index (κ3) is 3.19. The molecule has 1 aliphatic carbocycles. The normalized spacial score (nSPS) is 12.8. The summed E-state index contributed by atoms with van der Waals surface area (Å²) >= 11 is 5.16. The third-order valence-corrected chi connectivity index (χ3v) is 3.81. The van der Waals surface area contributed by atoms with Gasteiger partial charge in [0.15, 0.2) is 16.7 Å². The van der Waals surface area contributed by atoms with E-state index in [0.717, 1.165) is 5.56 Å². The number of fused-ring (bicyclic) bond motifs is 1. The fourth-order valence-electron chi connectivity index (χ4n) is 2.37. The van der Waals surface area contributed by atoms with Gasteiger partial charge in [0.05, 0.1) is 5.57 Å². The number of carbonyl (C=O) groups is 2. The summed E-state index contributed by atoms with van der Waals surface area (Å²) in [5.74, 6) is -0.548. The van der Waals surface area contributed by atoms with E-state index in [1.807, 2.05) is 30.3 Å². The molecule has 2 aromatic rings. The molecule has 0 radical (unpaired) electrons.